The molecule has 1 aromatic heterocycles. The van der Waals surface area contributed by atoms with Gasteiger partial charge in [0.25, 0.3) is 5.91 Å². The van der Waals surface area contributed by atoms with Gasteiger partial charge in [-0.1, -0.05) is 42.5 Å². The molecule has 27 heavy (non-hydrogen) atoms. The van der Waals surface area contributed by atoms with Gasteiger partial charge in [0.1, 0.15) is 0 Å². The monoisotopic (exact) mass is 362 g/mol. The van der Waals surface area contributed by atoms with Gasteiger partial charge in [-0.2, -0.15) is 0 Å². The first-order valence-corrected chi connectivity index (χ1v) is 9.33. The summed E-state index contributed by atoms with van der Waals surface area (Å²) in [6, 6.07) is 17.9. The first kappa shape index (κ1) is 17.3. The topological polar surface area (TPSA) is 62.6 Å². The Labute approximate surface area is 158 Å². The van der Waals surface area contributed by atoms with E-state index in [1.54, 1.807) is 12.1 Å². The Morgan fingerprint density at radius 1 is 1.07 bits per heavy atom. The van der Waals surface area contributed by atoms with Gasteiger partial charge < -0.3 is 14.6 Å². The Hall–Kier alpha value is -3.08. The van der Waals surface area contributed by atoms with E-state index in [2.05, 4.69) is 35.6 Å². The molecule has 0 saturated carbocycles. The molecule has 1 aliphatic rings. The molecular weight excluding hydrogens is 340 g/mol. The van der Waals surface area contributed by atoms with Gasteiger partial charge in [0.05, 0.1) is 12.3 Å². The summed E-state index contributed by atoms with van der Waals surface area (Å²) >= 11 is 0. The Morgan fingerprint density at radius 2 is 1.93 bits per heavy atom. The van der Waals surface area contributed by atoms with Crippen molar-refractivity contribution < 1.29 is 14.0 Å². The molecule has 1 fully saturated rings. The normalized spacial score (nSPS) is 16.6. The van der Waals surface area contributed by atoms with Crippen LogP contribution in [-0.4, -0.2) is 29.8 Å². The van der Waals surface area contributed by atoms with Gasteiger partial charge >= 0.3 is 0 Å². The Morgan fingerprint density at radius 3 is 2.78 bits per heavy atom. The van der Waals surface area contributed by atoms with Crippen LogP contribution in [0.3, 0.4) is 0 Å². The van der Waals surface area contributed by atoms with E-state index in [1.165, 1.54) is 22.6 Å². The lowest BCUT2D eigenvalue weighted by Gasteiger charge is -2.26. The summed E-state index contributed by atoms with van der Waals surface area (Å²) in [6.45, 7) is 1.07. The highest BCUT2D eigenvalue weighted by molar-refractivity contribution is 5.91. The van der Waals surface area contributed by atoms with Crippen molar-refractivity contribution in [1.82, 2.24) is 10.2 Å². The van der Waals surface area contributed by atoms with Crippen molar-refractivity contribution in [3.63, 3.8) is 0 Å². The van der Waals surface area contributed by atoms with E-state index in [1.807, 2.05) is 17.0 Å². The van der Waals surface area contributed by atoms with E-state index in [0.717, 1.165) is 19.4 Å². The number of carbonyl (C=O) groups is 2. The number of nitrogens with one attached hydrogen (secondary N) is 1. The van der Waals surface area contributed by atoms with Gasteiger partial charge in [0, 0.05) is 19.5 Å². The quantitative estimate of drug-likeness (QED) is 0.748. The van der Waals surface area contributed by atoms with Gasteiger partial charge in [-0.05, 0) is 41.3 Å². The number of carbonyl (C=O) groups excluding carboxylic acids is 2. The predicted molar refractivity (Wildman–Crippen MR) is 103 cm³/mol. The molecule has 0 aliphatic carbocycles. The van der Waals surface area contributed by atoms with Crippen molar-refractivity contribution in [3.05, 3.63) is 72.2 Å². The van der Waals surface area contributed by atoms with Crippen LogP contribution in [0.1, 0.15) is 41.4 Å². The highest BCUT2D eigenvalue weighted by atomic mass is 16.3. The first-order chi connectivity index (χ1) is 13.2. The van der Waals surface area contributed by atoms with Crippen molar-refractivity contribution in [2.24, 2.45) is 0 Å². The molecule has 1 atom stereocenters. The van der Waals surface area contributed by atoms with E-state index < -0.39 is 0 Å². The molecule has 0 bridgehead atoms. The summed E-state index contributed by atoms with van der Waals surface area (Å²) in [5.41, 5.74) is 1.21. The maximum atomic E-state index is 12.8. The summed E-state index contributed by atoms with van der Waals surface area (Å²) < 4.78 is 5.06. The molecule has 3 aromatic rings. The van der Waals surface area contributed by atoms with Crippen molar-refractivity contribution in [2.75, 3.05) is 13.1 Å². The third-order valence-electron chi connectivity index (χ3n) is 5.12. The summed E-state index contributed by atoms with van der Waals surface area (Å²) in [5, 5.41) is 5.14. The van der Waals surface area contributed by atoms with E-state index >= 15 is 0 Å². The predicted octanol–water partition coefficient (Wildman–Crippen LogP) is 3.92. The van der Waals surface area contributed by atoms with Gasteiger partial charge in [0.15, 0.2) is 5.76 Å². The molecular formula is C22H22N2O3. The van der Waals surface area contributed by atoms with Crippen LogP contribution in [0.4, 0.5) is 0 Å². The standard InChI is InChI=1S/C22H22N2O3/c25-21(12-13-23-22(26)20-11-5-15-27-20)24-14-4-10-19(24)18-9-3-7-16-6-1-2-8-17(16)18/h1-3,5-9,11,15,19H,4,10,12-14H2,(H,23,26)/t19-/m0/s1. The van der Waals surface area contributed by atoms with Crippen LogP contribution in [-0.2, 0) is 4.79 Å². The second-order valence-electron chi connectivity index (χ2n) is 6.80. The second-order valence-corrected chi connectivity index (χ2v) is 6.80. The number of amides is 2. The fraction of sp³-hybridized carbons (Fsp3) is 0.273. The molecule has 1 aliphatic heterocycles. The highest BCUT2D eigenvalue weighted by Gasteiger charge is 2.30. The molecule has 138 valence electrons. The lowest BCUT2D eigenvalue weighted by molar-refractivity contribution is -0.131. The average Bonchev–Trinajstić information content (AvgIpc) is 3.39. The number of nitrogens with zero attached hydrogens (tertiary/aromatic N) is 1. The minimum atomic E-state index is -0.292. The maximum absolute atomic E-state index is 12.8. The largest absolute Gasteiger partial charge is 0.459 e. The zero-order chi connectivity index (χ0) is 18.6. The second kappa shape index (κ2) is 7.66. The lowest BCUT2D eigenvalue weighted by atomic mass is 9.97. The minimum Gasteiger partial charge on any atom is -0.459 e. The molecule has 2 heterocycles. The Kier molecular flexibility index (Phi) is 4.92. The van der Waals surface area contributed by atoms with Crippen LogP contribution < -0.4 is 5.32 Å². The fourth-order valence-corrected chi connectivity index (χ4v) is 3.85. The van der Waals surface area contributed by atoms with E-state index in [-0.39, 0.29) is 30.0 Å². The van der Waals surface area contributed by atoms with Crippen molar-refractivity contribution >= 4 is 22.6 Å². The summed E-state index contributed by atoms with van der Waals surface area (Å²) in [7, 11) is 0. The van der Waals surface area contributed by atoms with Gasteiger partial charge in [-0.15, -0.1) is 0 Å². The lowest BCUT2D eigenvalue weighted by Crippen LogP contribution is -2.34. The maximum Gasteiger partial charge on any atom is 0.286 e. The van der Waals surface area contributed by atoms with E-state index in [4.69, 9.17) is 4.42 Å². The van der Waals surface area contributed by atoms with Crippen LogP contribution in [0.5, 0.6) is 0 Å². The molecule has 2 aromatic carbocycles. The van der Waals surface area contributed by atoms with E-state index in [0.29, 0.717) is 6.54 Å². The third-order valence-corrected chi connectivity index (χ3v) is 5.12. The molecule has 0 radical (unpaired) electrons. The molecule has 4 rings (SSSR count). The molecule has 0 unspecified atom stereocenters. The molecule has 1 saturated heterocycles. The van der Waals surface area contributed by atoms with Crippen molar-refractivity contribution in [3.8, 4) is 0 Å². The Balaban J connectivity index is 1.43. The Bertz CT molecular complexity index is 944. The summed E-state index contributed by atoms with van der Waals surface area (Å²) in [5.74, 6) is 0.0438. The molecule has 0 spiro atoms. The molecule has 5 heteroatoms. The highest BCUT2D eigenvalue weighted by Crippen LogP contribution is 2.36. The summed E-state index contributed by atoms with van der Waals surface area (Å²) in [6.07, 6.45) is 3.71. The van der Waals surface area contributed by atoms with Crippen molar-refractivity contribution in [1.29, 1.82) is 0 Å². The molecule has 1 N–H and O–H groups in total. The zero-order valence-corrected chi connectivity index (χ0v) is 15.1. The van der Waals surface area contributed by atoms with Crippen molar-refractivity contribution in [2.45, 2.75) is 25.3 Å². The van der Waals surface area contributed by atoms with Crippen LogP contribution in [0.15, 0.2) is 65.3 Å². The van der Waals surface area contributed by atoms with Gasteiger partial charge in [-0.3, -0.25) is 9.59 Å². The zero-order valence-electron chi connectivity index (χ0n) is 15.1. The van der Waals surface area contributed by atoms with Crippen LogP contribution in [0, 0.1) is 0 Å². The van der Waals surface area contributed by atoms with Gasteiger partial charge in [0.2, 0.25) is 5.91 Å². The SMILES string of the molecule is O=C(NCCC(=O)N1CCC[C@H]1c1cccc2ccccc12)c1ccco1. The minimum absolute atomic E-state index is 0.0742. The van der Waals surface area contributed by atoms with Crippen LogP contribution >= 0.6 is 0 Å². The number of hydrogen-bond donors (Lipinski definition) is 1. The first-order valence-electron chi connectivity index (χ1n) is 9.33. The number of hydrogen-bond acceptors (Lipinski definition) is 3. The average molecular weight is 362 g/mol. The number of furan rings is 1. The van der Waals surface area contributed by atoms with Crippen LogP contribution in [0.25, 0.3) is 10.8 Å². The number of rotatable bonds is 5. The number of benzene rings is 2. The third kappa shape index (κ3) is 3.58. The number of likely N-dealkylation sites (tertiary alicyclic amines) is 1. The summed E-state index contributed by atoms with van der Waals surface area (Å²) in [4.78, 5) is 26.7. The molecule has 5 nitrogen and oxygen atoms in total. The number of fused-ring (bicyclic) bond motifs is 1. The smallest absolute Gasteiger partial charge is 0.286 e. The van der Waals surface area contributed by atoms with E-state index in [9.17, 15) is 9.59 Å². The fourth-order valence-electron chi connectivity index (χ4n) is 3.85. The van der Waals surface area contributed by atoms with Crippen LogP contribution in [0.2, 0.25) is 0 Å². The van der Waals surface area contributed by atoms with Gasteiger partial charge in [-0.25, -0.2) is 0 Å². The molecule has 2 amide bonds.